The van der Waals surface area contributed by atoms with Crippen molar-refractivity contribution in [1.29, 1.82) is 0 Å². The Bertz CT molecular complexity index is 343. The summed E-state index contributed by atoms with van der Waals surface area (Å²) in [6.07, 6.45) is 4.58. The molecule has 0 radical (unpaired) electrons. The first-order valence-corrected chi connectivity index (χ1v) is 6.03. The quantitative estimate of drug-likeness (QED) is 0.588. The predicted molar refractivity (Wildman–Crippen MR) is 59.4 cm³/mol. The van der Waals surface area contributed by atoms with Crippen LogP contribution >= 0.6 is 11.3 Å². The molecule has 14 heavy (non-hydrogen) atoms. The van der Waals surface area contributed by atoms with E-state index in [1.807, 2.05) is 0 Å². The first kappa shape index (κ1) is 9.71. The van der Waals surface area contributed by atoms with Gasteiger partial charge in [0, 0.05) is 16.4 Å². The molecular formula is C11H15NOS. The highest BCUT2D eigenvalue weighted by Gasteiger charge is 2.25. The molecule has 3 heteroatoms. The van der Waals surface area contributed by atoms with Crippen LogP contribution in [0.15, 0.2) is 16.6 Å². The van der Waals surface area contributed by atoms with Crippen LogP contribution in [0.3, 0.4) is 0 Å². The van der Waals surface area contributed by atoms with Gasteiger partial charge >= 0.3 is 0 Å². The lowest BCUT2D eigenvalue weighted by atomic mass is 9.84. The molecule has 1 aromatic rings. The Morgan fingerprint density at radius 2 is 2.50 bits per heavy atom. The second-order valence-electron chi connectivity index (χ2n) is 3.77. The van der Waals surface area contributed by atoms with Gasteiger partial charge in [-0.2, -0.15) is 0 Å². The third-order valence-electron chi connectivity index (χ3n) is 2.87. The second kappa shape index (κ2) is 4.13. The van der Waals surface area contributed by atoms with Crippen LogP contribution in [-0.4, -0.2) is 10.9 Å². The zero-order valence-electron chi connectivity index (χ0n) is 8.36. The van der Waals surface area contributed by atoms with Gasteiger partial charge in [-0.25, -0.2) is 0 Å². The molecular weight excluding hydrogens is 194 g/mol. The highest BCUT2D eigenvalue weighted by Crippen LogP contribution is 2.32. The third kappa shape index (κ3) is 1.57. The largest absolute Gasteiger partial charge is 0.411 e. The van der Waals surface area contributed by atoms with E-state index in [0.717, 1.165) is 31.4 Å². The van der Waals surface area contributed by atoms with E-state index < -0.39 is 0 Å². The van der Waals surface area contributed by atoms with Crippen molar-refractivity contribution in [3.8, 4) is 0 Å². The second-order valence-corrected chi connectivity index (χ2v) is 4.77. The Hall–Kier alpha value is -0.830. The molecule has 0 bridgehead atoms. The van der Waals surface area contributed by atoms with Crippen LogP contribution in [-0.2, 0) is 6.42 Å². The normalized spacial score (nSPS) is 23.8. The summed E-state index contributed by atoms with van der Waals surface area (Å²) in [4.78, 5) is 1.38. The lowest BCUT2D eigenvalue weighted by Gasteiger charge is -2.22. The Kier molecular flexibility index (Phi) is 2.87. The molecule has 0 fully saturated rings. The van der Waals surface area contributed by atoms with Crippen molar-refractivity contribution >= 4 is 17.0 Å². The Balaban J connectivity index is 2.30. The van der Waals surface area contributed by atoms with Crippen molar-refractivity contribution in [2.45, 2.75) is 32.6 Å². The number of hydrogen-bond acceptors (Lipinski definition) is 3. The minimum Gasteiger partial charge on any atom is -0.411 e. The number of aryl methyl sites for hydroxylation is 1. The fourth-order valence-corrected chi connectivity index (χ4v) is 3.09. The molecule has 0 amide bonds. The number of nitrogens with zero attached hydrogens (tertiary/aromatic N) is 1. The molecule has 1 heterocycles. The van der Waals surface area contributed by atoms with Gasteiger partial charge in [0.1, 0.15) is 0 Å². The van der Waals surface area contributed by atoms with Gasteiger partial charge in [0.25, 0.3) is 0 Å². The van der Waals surface area contributed by atoms with Crippen molar-refractivity contribution in [2.24, 2.45) is 11.1 Å². The average molecular weight is 209 g/mol. The van der Waals surface area contributed by atoms with Gasteiger partial charge in [-0.15, -0.1) is 11.3 Å². The van der Waals surface area contributed by atoms with Gasteiger partial charge < -0.3 is 5.21 Å². The highest BCUT2D eigenvalue weighted by molar-refractivity contribution is 7.10. The number of oxime groups is 1. The van der Waals surface area contributed by atoms with E-state index in [-0.39, 0.29) is 0 Å². The van der Waals surface area contributed by atoms with E-state index in [1.54, 1.807) is 11.3 Å². The van der Waals surface area contributed by atoms with E-state index in [1.165, 1.54) is 10.4 Å². The summed E-state index contributed by atoms with van der Waals surface area (Å²) < 4.78 is 0. The molecule has 0 saturated heterocycles. The lowest BCUT2D eigenvalue weighted by molar-refractivity contribution is 0.313. The van der Waals surface area contributed by atoms with Crippen molar-refractivity contribution < 1.29 is 5.21 Å². The highest BCUT2D eigenvalue weighted by atomic mass is 32.1. The van der Waals surface area contributed by atoms with Gasteiger partial charge in [-0.3, -0.25) is 0 Å². The van der Waals surface area contributed by atoms with E-state index in [9.17, 15) is 0 Å². The summed E-state index contributed by atoms with van der Waals surface area (Å²) >= 11 is 1.77. The zero-order chi connectivity index (χ0) is 9.97. The minimum atomic E-state index is 0.465. The topological polar surface area (TPSA) is 32.6 Å². The SMILES string of the molecule is CCCC1CCc2sccc2C1=NO. The molecule has 1 aliphatic rings. The minimum absolute atomic E-state index is 0.465. The van der Waals surface area contributed by atoms with Gasteiger partial charge in [0.05, 0.1) is 5.71 Å². The van der Waals surface area contributed by atoms with Crippen molar-refractivity contribution in [3.05, 3.63) is 21.9 Å². The number of thiophene rings is 1. The monoisotopic (exact) mass is 209 g/mol. The molecule has 1 unspecified atom stereocenters. The molecule has 0 spiro atoms. The predicted octanol–water partition coefficient (Wildman–Crippen LogP) is 3.29. The van der Waals surface area contributed by atoms with Crippen molar-refractivity contribution in [2.75, 3.05) is 0 Å². The molecule has 2 rings (SSSR count). The molecule has 2 nitrogen and oxygen atoms in total. The van der Waals surface area contributed by atoms with Gasteiger partial charge in [0.2, 0.25) is 0 Å². The summed E-state index contributed by atoms with van der Waals surface area (Å²) in [7, 11) is 0. The number of fused-ring (bicyclic) bond motifs is 1. The van der Waals surface area contributed by atoms with Crippen LogP contribution in [0.1, 0.15) is 36.6 Å². The van der Waals surface area contributed by atoms with Gasteiger partial charge in [-0.05, 0) is 30.7 Å². The Morgan fingerprint density at radius 1 is 1.64 bits per heavy atom. The molecule has 0 aliphatic heterocycles. The maximum Gasteiger partial charge on any atom is 0.0909 e. The number of hydrogen-bond donors (Lipinski definition) is 1. The van der Waals surface area contributed by atoms with Crippen LogP contribution in [0, 0.1) is 5.92 Å². The van der Waals surface area contributed by atoms with E-state index in [2.05, 4.69) is 23.5 Å². The fraction of sp³-hybridized carbons (Fsp3) is 0.545. The van der Waals surface area contributed by atoms with Crippen LogP contribution < -0.4 is 0 Å². The fourth-order valence-electron chi connectivity index (χ4n) is 2.19. The third-order valence-corrected chi connectivity index (χ3v) is 3.85. The molecule has 0 saturated carbocycles. The Morgan fingerprint density at radius 3 is 3.21 bits per heavy atom. The van der Waals surface area contributed by atoms with Crippen molar-refractivity contribution in [3.63, 3.8) is 0 Å². The van der Waals surface area contributed by atoms with Crippen LogP contribution in [0.5, 0.6) is 0 Å². The molecule has 0 aromatic carbocycles. The molecule has 76 valence electrons. The molecule has 1 N–H and O–H groups in total. The van der Waals surface area contributed by atoms with Gasteiger partial charge in [0.15, 0.2) is 0 Å². The van der Waals surface area contributed by atoms with E-state index >= 15 is 0 Å². The average Bonchev–Trinajstić information content (AvgIpc) is 2.66. The van der Waals surface area contributed by atoms with E-state index in [4.69, 9.17) is 5.21 Å². The standard InChI is InChI=1S/C11H15NOS/c1-2-3-8-4-5-10-9(6-7-14-10)11(8)12-13/h6-8,13H,2-5H2,1H3. The zero-order valence-corrected chi connectivity index (χ0v) is 9.18. The van der Waals surface area contributed by atoms with Crippen LogP contribution in [0.25, 0.3) is 0 Å². The molecule has 1 atom stereocenters. The van der Waals surface area contributed by atoms with E-state index in [0.29, 0.717) is 5.92 Å². The smallest absolute Gasteiger partial charge is 0.0909 e. The molecule has 1 aromatic heterocycles. The first-order chi connectivity index (χ1) is 6.86. The van der Waals surface area contributed by atoms with Crippen molar-refractivity contribution in [1.82, 2.24) is 0 Å². The summed E-state index contributed by atoms with van der Waals surface area (Å²) in [5, 5.41) is 14.6. The van der Waals surface area contributed by atoms with Crippen LogP contribution in [0.2, 0.25) is 0 Å². The summed E-state index contributed by atoms with van der Waals surface area (Å²) in [6.45, 7) is 2.18. The van der Waals surface area contributed by atoms with Gasteiger partial charge in [-0.1, -0.05) is 18.5 Å². The van der Waals surface area contributed by atoms with Crippen LogP contribution in [0.4, 0.5) is 0 Å². The maximum absolute atomic E-state index is 9.05. The molecule has 1 aliphatic carbocycles. The number of rotatable bonds is 2. The first-order valence-electron chi connectivity index (χ1n) is 5.15. The maximum atomic E-state index is 9.05. The summed E-state index contributed by atoms with van der Waals surface area (Å²) in [5.41, 5.74) is 2.09. The Labute approximate surface area is 88.3 Å². The summed E-state index contributed by atoms with van der Waals surface area (Å²) in [6, 6.07) is 2.08. The lowest BCUT2D eigenvalue weighted by Crippen LogP contribution is -2.21. The summed E-state index contributed by atoms with van der Waals surface area (Å²) in [5.74, 6) is 0.465.